The summed E-state index contributed by atoms with van der Waals surface area (Å²) in [4.78, 5) is 17.2. The number of rotatable bonds is 7. The van der Waals surface area contributed by atoms with Crippen molar-refractivity contribution in [3.05, 3.63) is 0 Å². The number of hydrogen-bond acceptors (Lipinski definition) is 7. The summed E-state index contributed by atoms with van der Waals surface area (Å²) < 4.78 is 11.1. The van der Waals surface area contributed by atoms with Gasteiger partial charge in [-0.05, 0) is 14.1 Å². The molecule has 3 unspecified atom stereocenters. The third-order valence-corrected chi connectivity index (χ3v) is 4.28. The lowest BCUT2D eigenvalue weighted by Crippen LogP contribution is -2.61. The van der Waals surface area contributed by atoms with E-state index in [-0.39, 0.29) is 18.7 Å². The Morgan fingerprint density at radius 2 is 2.19 bits per heavy atom. The smallest absolute Gasteiger partial charge is 0.241 e. The van der Waals surface area contributed by atoms with Crippen LogP contribution in [0.1, 0.15) is 6.42 Å². The highest BCUT2D eigenvalue weighted by Crippen LogP contribution is 2.20. The summed E-state index contributed by atoms with van der Waals surface area (Å²) in [5.74, 6) is -0.0817. The molecular formula is C13H26N4O4. The highest BCUT2D eigenvalue weighted by molar-refractivity contribution is 5.83. The summed E-state index contributed by atoms with van der Waals surface area (Å²) in [6, 6.07) is 0.133. The lowest BCUT2D eigenvalue weighted by molar-refractivity contribution is -0.247. The van der Waals surface area contributed by atoms with Gasteiger partial charge < -0.3 is 24.8 Å². The standard InChI is InChI=1S/C13H26N4O4/c1-14-9-6-17(7-9)13(20-4)21-8-15(2)10-5-11(18)16(3)12(10)19/h9-11,13-14,18H,5-8H2,1-4H3. The fraction of sp³-hybridized carbons (Fsp3) is 0.923. The van der Waals surface area contributed by atoms with Crippen LogP contribution in [0, 0.1) is 0 Å². The molecule has 2 saturated heterocycles. The molecule has 2 rings (SSSR count). The molecule has 2 aliphatic rings. The fourth-order valence-electron chi connectivity index (χ4n) is 2.67. The van der Waals surface area contributed by atoms with E-state index in [9.17, 15) is 9.90 Å². The quantitative estimate of drug-likeness (QED) is 0.541. The second-order valence-corrected chi connectivity index (χ2v) is 5.72. The molecular weight excluding hydrogens is 276 g/mol. The van der Waals surface area contributed by atoms with Crippen molar-refractivity contribution in [3.63, 3.8) is 0 Å². The monoisotopic (exact) mass is 302 g/mol. The molecule has 1 amide bonds. The molecule has 2 fully saturated rings. The van der Waals surface area contributed by atoms with Crippen molar-refractivity contribution in [2.75, 3.05) is 48.1 Å². The zero-order valence-corrected chi connectivity index (χ0v) is 13.2. The van der Waals surface area contributed by atoms with E-state index < -0.39 is 12.6 Å². The van der Waals surface area contributed by atoms with E-state index in [1.807, 2.05) is 14.1 Å². The number of likely N-dealkylation sites (tertiary alicyclic amines) is 2. The molecule has 3 atom stereocenters. The molecule has 8 nitrogen and oxygen atoms in total. The van der Waals surface area contributed by atoms with E-state index >= 15 is 0 Å². The predicted molar refractivity (Wildman–Crippen MR) is 76.1 cm³/mol. The van der Waals surface area contributed by atoms with Crippen LogP contribution in [0.4, 0.5) is 0 Å². The van der Waals surface area contributed by atoms with Crippen molar-refractivity contribution < 1.29 is 19.4 Å². The number of carbonyl (C=O) groups excluding carboxylic acids is 1. The van der Waals surface area contributed by atoms with Crippen molar-refractivity contribution in [3.8, 4) is 0 Å². The lowest BCUT2D eigenvalue weighted by atomic mass is 10.1. The zero-order chi connectivity index (χ0) is 15.6. The van der Waals surface area contributed by atoms with Gasteiger partial charge in [-0.3, -0.25) is 14.6 Å². The number of methoxy groups -OCH3 is 1. The molecule has 0 aromatic carbocycles. The molecule has 8 heteroatoms. The van der Waals surface area contributed by atoms with E-state index in [1.54, 1.807) is 19.1 Å². The number of nitrogens with zero attached hydrogens (tertiary/aromatic N) is 3. The molecule has 0 bridgehead atoms. The number of hydrogen-bond donors (Lipinski definition) is 2. The number of aliphatic hydroxyl groups is 1. The predicted octanol–water partition coefficient (Wildman–Crippen LogP) is -1.72. The molecule has 0 radical (unpaired) electrons. The van der Waals surface area contributed by atoms with E-state index in [0.717, 1.165) is 13.1 Å². The van der Waals surface area contributed by atoms with Crippen LogP contribution in [0.5, 0.6) is 0 Å². The lowest BCUT2D eigenvalue weighted by Gasteiger charge is -2.43. The summed E-state index contributed by atoms with van der Waals surface area (Å²) in [5.41, 5.74) is 0. The molecule has 2 heterocycles. The van der Waals surface area contributed by atoms with E-state index in [2.05, 4.69) is 10.2 Å². The van der Waals surface area contributed by atoms with Gasteiger partial charge in [0, 0.05) is 39.7 Å². The van der Waals surface area contributed by atoms with Crippen LogP contribution in [-0.4, -0.2) is 98.5 Å². The number of aliphatic hydroxyl groups excluding tert-OH is 1. The first-order valence-electron chi connectivity index (χ1n) is 7.18. The highest BCUT2D eigenvalue weighted by atomic mass is 16.7. The van der Waals surface area contributed by atoms with Crippen molar-refractivity contribution in [1.29, 1.82) is 0 Å². The van der Waals surface area contributed by atoms with E-state index in [0.29, 0.717) is 12.5 Å². The Bertz CT molecular complexity index is 364. The minimum atomic E-state index is -0.713. The second-order valence-electron chi connectivity index (χ2n) is 5.72. The molecule has 0 aliphatic carbocycles. The summed E-state index contributed by atoms with van der Waals surface area (Å²) in [5, 5.41) is 12.9. The Morgan fingerprint density at radius 1 is 1.52 bits per heavy atom. The first-order valence-corrected chi connectivity index (χ1v) is 7.18. The van der Waals surface area contributed by atoms with Crippen molar-refractivity contribution in [1.82, 2.24) is 20.0 Å². The SMILES string of the molecule is CNC1CN(C(OC)OCN(C)C2CC(O)N(C)C2=O)C1. The van der Waals surface area contributed by atoms with Gasteiger partial charge in [-0.1, -0.05) is 0 Å². The topological polar surface area (TPSA) is 77.5 Å². The molecule has 0 spiro atoms. The molecule has 21 heavy (non-hydrogen) atoms. The van der Waals surface area contributed by atoms with Crippen LogP contribution in [-0.2, 0) is 14.3 Å². The number of nitrogens with one attached hydrogen (secondary N) is 1. The van der Waals surface area contributed by atoms with Crippen LogP contribution >= 0.6 is 0 Å². The largest absolute Gasteiger partial charge is 0.373 e. The number of carbonyl (C=O) groups is 1. The Kier molecular flexibility index (Phi) is 5.53. The second kappa shape index (κ2) is 6.99. The number of amides is 1. The average molecular weight is 302 g/mol. The van der Waals surface area contributed by atoms with Gasteiger partial charge in [-0.25, -0.2) is 0 Å². The zero-order valence-electron chi connectivity index (χ0n) is 13.2. The molecule has 122 valence electrons. The Labute approximate surface area is 125 Å². The van der Waals surface area contributed by atoms with Gasteiger partial charge in [0.05, 0.1) is 6.04 Å². The maximum atomic E-state index is 12.0. The molecule has 0 aromatic rings. The van der Waals surface area contributed by atoms with Crippen molar-refractivity contribution >= 4 is 5.91 Å². The number of ether oxygens (including phenoxy) is 2. The molecule has 2 aliphatic heterocycles. The first-order chi connectivity index (χ1) is 9.97. The van der Waals surface area contributed by atoms with Gasteiger partial charge in [0.15, 0.2) is 0 Å². The van der Waals surface area contributed by atoms with Gasteiger partial charge >= 0.3 is 0 Å². The van der Waals surface area contributed by atoms with Crippen LogP contribution in [0.2, 0.25) is 0 Å². The third-order valence-electron chi connectivity index (χ3n) is 4.28. The summed E-state index contributed by atoms with van der Waals surface area (Å²) in [6.45, 7) is 2.03. The minimum absolute atomic E-state index is 0.0817. The Balaban J connectivity index is 1.78. The van der Waals surface area contributed by atoms with Crippen LogP contribution in [0.15, 0.2) is 0 Å². The summed E-state index contributed by atoms with van der Waals surface area (Å²) >= 11 is 0. The van der Waals surface area contributed by atoms with E-state index in [1.165, 1.54) is 4.90 Å². The van der Waals surface area contributed by atoms with Gasteiger partial charge in [-0.15, -0.1) is 0 Å². The average Bonchev–Trinajstić information content (AvgIpc) is 2.68. The molecule has 0 aromatic heterocycles. The van der Waals surface area contributed by atoms with Crippen molar-refractivity contribution in [2.45, 2.75) is 31.1 Å². The maximum absolute atomic E-state index is 12.0. The molecule has 0 saturated carbocycles. The van der Waals surface area contributed by atoms with Crippen LogP contribution in [0.3, 0.4) is 0 Å². The summed E-state index contributed by atoms with van der Waals surface area (Å²) in [6.07, 6.45) is -0.718. The number of likely N-dealkylation sites (N-methyl/N-ethyl adjacent to an activating group) is 3. The summed E-state index contributed by atoms with van der Waals surface area (Å²) in [7, 11) is 6.97. The maximum Gasteiger partial charge on any atom is 0.241 e. The van der Waals surface area contributed by atoms with Gasteiger partial charge in [0.25, 0.3) is 0 Å². The Hall–Kier alpha value is -0.770. The van der Waals surface area contributed by atoms with Gasteiger partial charge in [0.2, 0.25) is 12.3 Å². The van der Waals surface area contributed by atoms with Gasteiger partial charge in [-0.2, -0.15) is 0 Å². The van der Waals surface area contributed by atoms with Crippen LogP contribution in [0.25, 0.3) is 0 Å². The minimum Gasteiger partial charge on any atom is -0.373 e. The van der Waals surface area contributed by atoms with Crippen molar-refractivity contribution in [2.24, 2.45) is 0 Å². The van der Waals surface area contributed by atoms with E-state index in [4.69, 9.17) is 9.47 Å². The first kappa shape index (κ1) is 16.6. The highest BCUT2D eigenvalue weighted by Gasteiger charge is 2.39. The third kappa shape index (κ3) is 3.53. The fourth-order valence-corrected chi connectivity index (χ4v) is 2.67. The normalized spacial score (nSPS) is 29.2. The van der Waals surface area contributed by atoms with Crippen LogP contribution < -0.4 is 5.32 Å². The molecule has 2 N–H and O–H groups in total. The Morgan fingerprint density at radius 3 is 2.67 bits per heavy atom. The van der Waals surface area contributed by atoms with Gasteiger partial charge in [0.1, 0.15) is 13.0 Å².